The van der Waals surface area contributed by atoms with Gasteiger partial charge in [0.05, 0.1) is 22.5 Å². The van der Waals surface area contributed by atoms with Crippen molar-refractivity contribution in [2.24, 2.45) is 11.7 Å². The molecule has 6 aromatic rings. The number of nitrogens with zero attached hydrogens (tertiary/aromatic N) is 4. The third-order valence-electron chi connectivity index (χ3n) is 9.23. The number of rotatable bonds is 10. The van der Waals surface area contributed by atoms with E-state index >= 15 is 0 Å². The minimum atomic E-state index is -0.553. The van der Waals surface area contributed by atoms with Crippen LogP contribution in [0.5, 0.6) is 0 Å². The van der Waals surface area contributed by atoms with E-state index in [0.29, 0.717) is 53.5 Å². The lowest BCUT2D eigenvalue weighted by Crippen LogP contribution is -2.20. The molecule has 2 N–H and O–H groups in total. The highest BCUT2D eigenvalue weighted by Gasteiger charge is 2.29. The highest BCUT2D eigenvalue weighted by Crippen LogP contribution is 2.41. The van der Waals surface area contributed by atoms with Gasteiger partial charge in [-0.3, -0.25) is 9.78 Å². The minimum absolute atomic E-state index is 0.229. The summed E-state index contributed by atoms with van der Waals surface area (Å²) in [7, 11) is 0. The highest BCUT2D eigenvalue weighted by molar-refractivity contribution is 6.05. The Kier molecular flexibility index (Phi) is 8.18. The van der Waals surface area contributed by atoms with E-state index in [1.807, 2.05) is 0 Å². The molecular weight excluding hydrogens is 589 g/mol. The summed E-state index contributed by atoms with van der Waals surface area (Å²) in [4.78, 5) is 18.4. The Hall–Kier alpha value is -5.11. The van der Waals surface area contributed by atoms with Gasteiger partial charge < -0.3 is 14.7 Å². The predicted octanol–water partition coefficient (Wildman–Crippen LogP) is 8.01. The normalized spacial score (nSPS) is 14.3. The zero-order valence-corrected chi connectivity index (χ0v) is 27.0. The number of nitrogens with two attached hydrogens (primary N) is 1. The van der Waals surface area contributed by atoms with Crippen LogP contribution in [-0.4, -0.2) is 25.7 Å². The fourth-order valence-electron chi connectivity index (χ4n) is 7.09. The number of primary amides is 1. The van der Waals surface area contributed by atoms with Crippen molar-refractivity contribution in [1.82, 2.24) is 19.7 Å². The number of halogens is 1. The summed E-state index contributed by atoms with van der Waals surface area (Å²) in [5.41, 5.74) is 15.0. The molecule has 0 unspecified atom stereocenters. The molecular formula is C39H38FN5O2. The summed E-state index contributed by atoms with van der Waals surface area (Å²) in [6, 6.07) is 23.7. The molecule has 0 saturated heterocycles. The van der Waals surface area contributed by atoms with Crippen molar-refractivity contribution in [2.75, 3.05) is 0 Å². The summed E-state index contributed by atoms with van der Waals surface area (Å²) < 4.78 is 22.0. The first-order chi connectivity index (χ1) is 22.7. The molecule has 0 fully saturated rings. The molecule has 0 spiro atoms. The first kappa shape index (κ1) is 30.5. The fourth-order valence-corrected chi connectivity index (χ4v) is 7.09. The molecule has 7 rings (SSSR count). The van der Waals surface area contributed by atoms with Gasteiger partial charge in [0, 0.05) is 42.0 Å². The number of hydrogen-bond acceptors (Lipinski definition) is 5. The van der Waals surface area contributed by atoms with Crippen LogP contribution in [-0.2, 0) is 32.2 Å². The van der Waals surface area contributed by atoms with Crippen molar-refractivity contribution < 1.29 is 13.6 Å². The minimum Gasteiger partial charge on any atom is -0.421 e. The quantitative estimate of drug-likeness (QED) is 0.166. The molecule has 0 radical (unpaired) electrons. The Balaban J connectivity index is 1.37. The molecule has 8 heteroatoms. The van der Waals surface area contributed by atoms with Crippen LogP contribution in [0, 0.1) is 18.7 Å². The Labute approximate surface area is 273 Å². The summed E-state index contributed by atoms with van der Waals surface area (Å²) >= 11 is 0. The van der Waals surface area contributed by atoms with Gasteiger partial charge >= 0.3 is 0 Å². The van der Waals surface area contributed by atoms with E-state index in [4.69, 9.17) is 15.1 Å². The lowest BCUT2D eigenvalue weighted by atomic mass is 9.88. The number of benzene rings is 3. The van der Waals surface area contributed by atoms with Gasteiger partial charge in [0.2, 0.25) is 11.8 Å². The first-order valence-electron chi connectivity index (χ1n) is 16.3. The van der Waals surface area contributed by atoms with Crippen molar-refractivity contribution >= 4 is 16.8 Å². The van der Waals surface area contributed by atoms with E-state index in [2.05, 4.69) is 83.3 Å². The Morgan fingerprint density at radius 2 is 1.81 bits per heavy atom. The topological polar surface area (TPSA) is 99.8 Å². The molecule has 3 aromatic heterocycles. The molecule has 7 nitrogen and oxygen atoms in total. The lowest BCUT2D eigenvalue weighted by Gasteiger charge is -2.20. The van der Waals surface area contributed by atoms with Gasteiger partial charge in [-0.15, -0.1) is 10.2 Å². The van der Waals surface area contributed by atoms with Crippen molar-refractivity contribution in [3.63, 3.8) is 0 Å². The molecule has 1 atom stereocenters. The summed E-state index contributed by atoms with van der Waals surface area (Å²) in [5, 5.41) is 9.59. The average Bonchev–Trinajstić information content (AvgIpc) is 3.78. The van der Waals surface area contributed by atoms with Crippen LogP contribution in [0.15, 0.2) is 83.4 Å². The number of hydrogen-bond donors (Lipinski definition) is 1. The van der Waals surface area contributed by atoms with Gasteiger partial charge in [0.25, 0.3) is 5.91 Å². The van der Waals surface area contributed by atoms with Gasteiger partial charge in [-0.25, -0.2) is 4.39 Å². The Morgan fingerprint density at radius 3 is 2.55 bits per heavy atom. The number of carbonyl (C=O) groups excluding carboxylic acids is 1. The molecule has 0 bridgehead atoms. The lowest BCUT2D eigenvalue weighted by molar-refractivity contribution is 0.0999. The van der Waals surface area contributed by atoms with E-state index in [0.717, 1.165) is 47.1 Å². The Morgan fingerprint density at radius 1 is 1.00 bits per heavy atom. The number of aromatic nitrogens is 4. The van der Waals surface area contributed by atoms with Crippen LogP contribution < -0.4 is 5.73 Å². The molecule has 0 saturated carbocycles. The number of aryl methyl sites for hydroxylation is 4. The van der Waals surface area contributed by atoms with E-state index in [9.17, 15) is 9.18 Å². The molecule has 1 aliphatic rings. The van der Waals surface area contributed by atoms with Crippen molar-refractivity contribution in [1.29, 1.82) is 0 Å². The third-order valence-corrected chi connectivity index (χ3v) is 9.23. The molecule has 1 aliphatic carbocycles. The second kappa shape index (κ2) is 12.6. The van der Waals surface area contributed by atoms with Gasteiger partial charge in [-0.1, -0.05) is 56.3 Å². The standard InChI is InChI=1S/C39H38FN5O2/c1-23(2)20-33-36(38(41)46)35(37(39-44-43-24(3)47-39)32(42-33)16-10-25-8-14-30(40)15-9-25)28-13-17-34-27(21-28)18-19-45(34)22-29-12-11-26-6-4-5-7-31(26)29/h4-9,13-15,17-19,21,23,29H,10-12,16,20,22H2,1-3H3,(H2,41,46)/t29-/m0/s1. The monoisotopic (exact) mass is 627 g/mol. The predicted molar refractivity (Wildman–Crippen MR) is 182 cm³/mol. The summed E-state index contributed by atoms with van der Waals surface area (Å²) in [5.74, 6) is 0.560. The zero-order valence-electron chi connectivity index (χ0n) is 27.0. The second-order valence-corrected chi connectivity index (χ2v) is 13.0. The fraction of sp³-hybridized carbons (Fsp3) is 0.282. The number of pyridine rings is 1. The van der Waals surface area contributed by atoms with Crippen LogP contribution in [0.25, 0.3) is 33.5 Å². The molecule has 3 aromatic carbocycles. The van der Waals surface area contributed by atoms with E-state index < -0.39 is 5.91 Å². The van der Waals surface area contributed by atoms with E-state index in [-0.39, 0.29) is 17.6 Å². The van der Waals surface area contributed by atoms with Crippen LogP contribution >= 0.6 is 0 Å². The van der Waals surface area contributed by atoms with E-state index in [1.165, 1.54) is 23.3 Å². The third kappa shape index (κ3) is 6.08. The smallest absolute Gasteiger partial charge is 0.251 e. The maximum atomic E-state index is 13.7. The van der Waals surface area contributed by atoms with Gasteiger partial charge in [0.1, 0.15) is 5.82 Å². The van der Waals surface area contributed by atoms with Gasteiger partial charge in [-0.2, -0.15) is 0 Å². The summed E-state index contributed by atoms with van der Waals surface area (Å²) in [6.07, 6.45) is 6.10. The van der Waals surface area contributed by atoms with E-state index in [1.54, 1.807) is 19.1 Å². The Bertz CT molecular complexity index is 2090. The number of amides is 1. The van der Waals surface area contributed by atoms with Crippen LogP contribution in [0.1, 0.15) is 70.5 Å². The molecule has 47 heavy (non-hydrogen) atoms. The maximum absolute atomic E-state index is 13.7. The zero-order chi connectivity index (χ0) is 32.7. The second-order valence-electron chi connectivity index (χ2n) is 13.0. The number of carbonyl (C=O) groups is 1. The molecule has 238 valence electrons. The van der Waals surface area contributed by atoms with Crippen LogP contribution in [0.4, 0.5) is 4.39 Å². The van der Waals surface area contributed by atoms with Crippen LogP contribution in [0.2, 0.25) is 0 Å². The molecule has 1 amide bonds. The van der Waals surface area contributed by atoms with Crippen molar-refractivity contribution in [2.45, 2.75) is 65.3 Å². The summed E-state index contributed by atoms with van der Waals surface area (Å²) in [6.45, 7) is 6.83. The van der Waals surface area contributed by atoms with Gasteiger partial charge in [0.15, 0.2) is 0 Å². The first-order valence-corrected chi connectivity index (χ1v) is 16.3. The SMILES string of the molecule is Cc1nnc(-c2c(CCc3ccc(F)cc3)nc(CC(C)C)c(C(N)=O)c2-c2ccc3c(ccn3C[C@@H]3CCc4ccccc43)c2)o1. The van der Waals surface area contributed by atoms with Crippen molar-refractivity contribution in [3.8, 4) is 22.6 Å². The average molecular weight is 628 g/mol. The van der Waals surface area contributed by atoms with Crippen molar-refractivity contribution in [3.05, 3.63) is 124 Å². The largest absolute Gasteiger partial charge is 0.421 e. The molecule has 3 heterocycles. The van der Waals surface area contributed by atoms with Crippen LogP contribution in [0.3, 0.4) is 0 Å². The molecule has 0 aliphatic heterocycles. The van der Waals surface area contributed by atoms with Gasteiger partial charge in [-0.05, 0) is 90.6 Å². The maximum Gasteiger partial charge on any atom is 0.251 e. The highest BCUT2D eigenvalue weighted by atomic mass is 19.1. The number of fused-ring (bicyclic) bond motifs is 2.